The third-order valence-corrected chi connectivity index (χ3v) is 3.93. The van der Waals surface area contributed by atoms with Gasteiger partial charge in [-0.25, -0.2) is 8.42 Å². The third-order valence-electron chi connectivity index (χ3n) is 1.75. The Hall–Kier alpha value is -0.570. The van der Waals surface area contributed by atoms with E-state index in [2.05, 4.69) is 11.2 Å². The van der Waals surface area contributed by atoms with Gasteiger partial charge in [-0.15, -0.1) is 6.42 Å². The van der Waals surface area contributed by atoms with E-state index in [0.717, 1.165) is 0 Å². The van der Waals surface area contributed by atoms with Crippen molar-refractivity contribution in [3.8, 4) is 12.3 Å². The fourth-order valence-corrected chi connectivity index (χ4v) is 2.16. The van der Waals surface area contributed by atoms with E-state index in [1.165, 1.54) is 11.4 Å². The van der Waals surface area contributed by atoms with E-state index >= 15 is 0 Å². The topological polar surface area (TPSA) is 49.4 Å². The zero-order chi connectivity index (χ0) is 10.5. The summed E-state index contributed by atoms with van der Waals surface area (Å²) in [7, 11) is -0.0320. The van der Waals surface area contributed by atoms with E-state index in [9.17, 15) is 8.42 Å². The highest BCUT2D eigenvalue weighted by Crippen LogP contribution is 2.04. The van der Waals surface area contributed by atoms with E-state index in [1.807, 2.05) is 0 Å². The van der Waals surface area contributed by atoms with Gasteiger partial charge in [-0.05, 0) is 14.0 Å². The molecule has 0 aliphatic rings. The molecule has 1 atom stereocenters. The van der Waals surface area contributed by atoms with Gasteiger partial charge < -0.3 is 5.32 Å². The molecule has 0 heterocycles. The van der Waals surface area contributed by atoms with E-state index in [0.29, 0.717) is 6.54 Å². The molecule has 13 heavy (non-hydrogen) atoms. The summed E-state index contributed by atoms with van der Waals surface area (Å²) >= 11 is 0. The Morgan fingerprint density at radius 1 is 1.62 bits per heavy atom. The molecule has 0 radical (unpaired) electrons. The second-order valence-corrected chi connectivity index (χ2v) is 5.33. The minimum absolute atomic E-state index is 0.121. The quantitative estimate of drug-likeness (QED) is 0.614. The molecule has 0 amide bonds. The van der Waals surface area contributed by atoms with Gasteiger partial charge >= 0.3 is 0 Å². The van der Waals surface area contributed by atoms with Crippen molar-refractivity contribution < 1.29 is 8.42 Å². The van der Waals surface area contributed by atoms with Crippen LogP contribution in [-0.4, -0.2) is 45.2 Å². The van der Waals surface area contributed by atoms with Crippen LogP contribution in [-0.2, 0) is 10.0 Å². The van der Waals surface area contributed by atoms with Crippen LogP contribution in [0.4, 0.5) is 0 Å². The Kier molecular flexibility index (Phi) is 4.99. The molecular weight excluding hydrogens is 188 g/mol. The van der Waals surface area contributed by atoms with Crippen molar-refractivity contribution in [2.45, 2.75) is 12.2 Å². The first-order valence-electron chi connectivity index (χ1n) is 4.00. The highest BCUT2D eigenvalue weighted by atomic mass is 32.2. The number of rotatable bonds is 5. The molecule has 0 aliphatic carbocycles. The first-order chi connectivity index (χ1) is 5.96. The second-order valence-electron chi connectivity index (χ2n) is 2.87. The highest BCUT2D eigenvalue weighted by Gasteiger charge is 2.24. The van der Waals surface area contributed by atoms with E-state index < -0.39 is 15.3 Å². The molecule has 0 aliphatic heterocycles. The van der Waals surface area contributed by atoms with Crippen molar-refractivity contribution in [1.82, 2.24) is 9.62 Å². The predicted molar refractivity (Wildman–Crippen MR) is 53.8 cm³/mol. The summed E-state index contributed by atoms with van der Waals surface area (Å²) < 4.78 is 24.4. The fraction of sp³-hybridized carbons (Fsp3) is 0.750. The Morgan fingerprint density at radius 3 is 2.54 bits per heavy atom. The van der Waals surface area contributed by atoms with Crippen molar-refractivity contribution in [2.24, 2.45) is 0 Å². The molecule has 0 spiro atoms. The lowest BCUT2D eigenvalue weighted by atomic mass is 10.5. The molecule has 1 unspecified atom stereocenters. The average molecular weight is 204 g/mol. The second kappa shape index (κ2) is 5.22. The summed E-state index contributed by atoms with van der Waals surface area (Å²) in [5.74, 6) is 2.30. The summed E-state index contributed by atoms with van der Waals surface area (Å²) in [5, 5.41) is 2.36. The van der Waals surface area contributed by atoms with Crippen molar-refractivity contribution in [3.05, 3.63) is 0 Å². The summed E-state index contributed by atoms with van der Waals surface area (Å²) in [4.78, 5) is 0. The molecule has 5 heteroatoms. The molecule has 0 aromatic heterocycles. The van der Waals surface area contributed by atoms with Crippen molar-refractivity contribution in [3.63, 3.8) is 0 Å². The molecule has 0 saturated heterocycles. The van der Waals surface area contributed by atoms with E-state index in [-0.39, 0.29) is 6.54 Å². The highest BCUT2D eigenvalue weighted by molar-refractivity contribution is 7.89. The number of terminal acetylenes is 1. The molecule has 0 aromatic rings. The molecule has 1 N–H and O–H groups in total. The van der Waals surface area contributed by atoms with Crippen LogP contribution in [0.3, 0.4) is 0 Å². The number of nitrogens with one attached hydrogen (secondary N) is 1. The summed E-state index contributed by atoms with van der Waals surface area (Å²) in [6, 6.07) is 0. The molecule has 0 rings (SSSR count). The zero-order valence-electron chi connectivity index (χ0n) is 8.24. The van der Waals surface area contributed by atoms with Crippen LogP contribution in [0.5, 0.6) is 0 Å². The average Bonchev–Trinajstić information content (AvgIpc) is 2.05. The minimum Gasteiger partial charge on any atom is -0.318 e. The minimum atomic E-state index is -3.23. The SMILES string of the molecule is C#CCN(C)S(=O)(=O)C(C)CNC. The van der Waals surface area contributed by atoms with Gasteiger partial charge in [-0.3, -0.25) is 0 Å². The maximum absolute atomic E-state index is 11.6. The van der Waals surface area contributed by atoms with Gasteiger partial charge in [-0.1, -0.05) is 5.92 Å². The van der Waals surface area contributed by atoms with Gasteiger partial charge in [0.15, 0.2) is 0 Å². The van der Waals surface area contributed by atoms with Gasteiger partial charge in [0.05, 0.1) is 11.8 Å². The Balaban J connectivity index is 4.48. The van der Waals surface area contributed by atoms with Crippen LogP contribution >= 0.6 is 0 Å². The molecule has 0 saturated carbocycles. The lowest BCUT2D eigenvalue weighted by Crippen LogP contribution is -2.39. The first kappa shape index (κ1) is 12.4. The van der Waals surface area contributed by atoms with Crippen molar-refractivity contribution in [2.75, 3.05) is 27.2 Å². The molecule has 76 valence electrons. The summed E-state index contributed by atoms with van der Waals surface area (Å²) in [6.45, 7) is 2.20. The predicted octanol–water partition coefficient (Wildman–Crippen LogP) is -0.511. The monoisotopic (exact) mass is 204 g/mol. The fourth-order valence-electron chi connectivity index (χ4n) is 0.918. The van der Waals surface area contributed by atoms with Crippen LogP contribution in [0.25, 0.3) is 0 Å². The zero-order valence-corrected chi connectivity index (χ0v) is 9.06. The largest absolute Gasteiger partial charge is 0.318 e. The van der Waals surface area contributed by atoms with Crippen LogP contribution in [0.2, 0.25) is 0 Å². The van der Waals surface area contributed by atoms with Gasteiger partial charge in [0, 0.05) is 13.6 Å². The maximum atomic E-state index is 11.6. The maximum Gasteiger partial charge on any atom is 0.218 e. The summed E-state index contributed by atoms with van der Waals surface area (Å²) in [5.41, 5.74) is 0. The molecule has 0 aromatic carbocycles. The van der Waals surface area contributed by atoms with Crippen LogP contribution in [0, 0.1) is 12.3 Å². The van der Waals surface area contributed by atoms with Crippen LogP contribution in [0.1, 0.15) is 6.92 Å². The Bertz CT molecular complexity index is 279. The first-order valence-corrected chi connectivity index (χ1v) is 5.50. The molecule has 0 fully saturated rings. The van der Waals surface area contributed by atoms with Crippen LogP contribution < -0.4 is 5.32 Å². The smallest absolute Gasteiger partial charge is 0.218 e. The normalized spacial score (nSPS) is 14.1. The summed E-state index contributed by atoms with van der Waals surface area (Å²) in [6.07, 6.45) is 5.03. The number of hydrogen-bond donors (Lipinski definition) is 1. The molecular formula is C8H16N2O2S. The van der Waals surface area contributed by atoms with Crippen molar-refractivity contribution >= 4 is 10.0 Å². The van der Waals surface area contributed by atoms with Crippen molar-refractivity contribution in [1.29, 1.82) is 0 Å². The lowest BCUT2D eigenvalue weighted by Gasteiger charge is -2.19. The van der Waals surface area contributed by atoms with E-state index in [1.54, 1.807) is 14.0 Å². The Morgan fingerprint density at radius 2 is 2.15 bits per heavy atom. The molecule has 4 nitrogen and oxygen atoms in total. The van der Waals surface area contributed by atoms with Gasteiger partial charge in [0.2, 0.25) is 10.0 Å². The lowest BCUT2D eigenvalue weighted by molar-refractivity contribution is 0.488. The van der Waals surface area contributed by atoms with Crippen LogP contribution in [0.15, 0.2) is 0 Å². The molecule has 0 bridgehead atoms. The number of nitrogens with zero attached hydrogens (tertiary/aromatic N) is 1. The van der Waals surface area contributed by atoms with Gasteiger partial charge in [-0.2, -0.15) is 4.31 Å². The number of sulfonamides is 1. The standard InChI is InChI=1S/C8H16N2O2S/c1-5-6-10(4)13(11,12)8(2)7-9-3/h1,8-9H,6-7H2,2-4H3. The van der Waals surface area contributed by atoms with E-state index in [4.69, 9.17) is 6.42 Å². The van der Waals surface area contributed by atoms with Gasteiger partial charge in [0.25, 0.3) is 0 Å². The Labute approximate surface area is 80.4 Å². The van der Waals surface area contributed by atoms with Gasteiger partial charge in [0.1, 0.15) is 0 Å². The third kappa shape index (κ3) is 3.35. The number of hydrogen-bond acceptors (Lipinski definition) is 3.